The van der Waals surface area contributed by atoms with Gasteiger partial charge in [0.25, 0.3) is 0 Å². The van der Waals surface area contributed by atoms with Crippen molar-refractivity contribution in [1.29, 1.82) is 0 Å². The van der Waals surface area contributed by atoms with E-state index in [1.54, 1.807) is 24.3 Å². The fourth-order valence-corrected chi connectivity index (χ4v) is 3.00. The van der Waals surface area contributed by atoms with Gasteiger partial charge >= 0.3 is 0 Å². The standard InChI is InChI=1S/C24H22O2/c1-3-17-8-5-10-19(14-17)23(25)21-12-7-13-22(16-21)24(26)20-11-6-9-18(4-2)15-20/h5-16H,3-4H2,1-2H3. The average Bonchev–Trinajstić information content (AvgIpc) is 2.72. The molecule has 0 aliphatic carbocycles. The van der Waals surface area contributed by atoms with Gasteiger partial charge in [-0.3, -0.25) is 9.59 Å². The zero-order valence-electron chi connectivity index (χ0n) is 15.2. The van der Waals surface area contributed by atoms with Crippen molar-refractivity contribution in [2.24, 2.45) is 0 Å². The lowest BCUT2D eigenvalue weighted by atomic mass is 9.96. The summed E-state index contributed by atoms with van der Waals surface area (Å²) in [4.78, 5) is 25.6. The van der Waals surface area contributed by atoms with Crippen molar-refractivity contribution in [2.45, 2.75) is 26.7 Å². The monoisotopic (exact) mass is 342 g/mol. The maximum Gasteiger partial charge on any atom is 0.193 e. The summed E-state index contributed by atoms with van der Waals surface area (Å²) >= 11 is 0. The molecule has 0 aliphatic heterocycles. The van der Waals surface area contributed by atoms with Crippen molar-refractivity contribution in [3.05, 3.63) is 106 Å². The average molecular weight is 342 g/mol. The first kappa shape index (κ1) is 17.8. The molecular weight excluding hydrogens is 320 g/mol. The van der Waals surface area contributed by atoms with Crippen molar-refractivity contribution >= 4 is 11.6 Å². The SMILES string of the molecule is CCc1cccc(C(=O)c2cccc(C(=O)c3cccc(CC)c3)c2)c1. The van der Waals surface area contributed by atoms with Gasteiger partial charge < -0.3 is 0 Å². The van der Waals surface area contributed by atoms with E-state index in [0.717, 1.165) is 24.0 Å². The first-order chi connectivity index (χ1) is 12.6. The lowest BCUT2D eigenvalue weighted by Gasteiger charge is -2.07. The Morgan fingerprint density at radius 3 is 1.31 bits per heavy atom. The second-order valence-electron chi connectivity index (χ2n) is 6.35. The van der Waals surface area contributed by atoms with Crippen LogP contribution in [-0.2, 0) is 12.8 Å². The van der Waals surface area contributed by atoms with Crippen LogP contribution in [0.4, 0.5) is 0 Å². The Hall–Kier alpha value is -3.00. The van der Waals surface area contributed by atoms with E-state index >= 15 is 0 Å². The highest BCUT2D eigenvalue weighted by atomic mass is 16.1. The summed E-state index contributed by atoms with van der Waals surface area (Å²) in [5.74, 6) is -0.116. The third-order valence-electron chi connectivity index (χ3n) is 4.58. The van der Waals surface area contributed by atoms with Crippen molar-refractivity contribution in [3.8, 4) is 0 Å². The Morgan fingerprint density at radius 2 is 0.923 bits per heavy atom. The maximum atomic E-state index is 12.8. The van der Waals surface area contributed by atoms with Gasteiger partial charge in [-0.2, -0.15) is 0 Å². The Balaban J connectivity index is 1.92. The number of benzene rings is 3. The molecule has 0 amide bonds. The number of carbonyl (C=O) groups is 2. The van der Waals surface area contributed by atoms with Crippen LogP contribution in [0.15, 0.2) is 72.8 Å². The van der Waals surface area contributed by atoms with E-state index in [4.69, 9.17) is 0 Å². The molecule has 0 fully saturated rings. The zero-order chi connectivity index (χ0) is 18.5. The van der Waals surface area contributed by atoms with Gasteiger partial charge in [-0.1, -0.05) is 68.4 Å². The molecule has 2 nitrogen and oxygen atoms in total. The number of carbonyl (C=O) groups excluding carboxylic acids is 2. The Morgan fingerprint density at radius 1 is 0.577 bits per heavy atom. The molecule has 0 unspecified atom stereocenters. The topological polar surface area (TPSA) is 34.1 Å². The highest BCUT2D eigenvalue weighted by molar-refractivity contribution is 6.13. The first-order valence-corrected chi connectivity index (χ1v) is 8.99. The second kappa shape index (κ2) is 7.92. The van der Waals surface area contributed by atoms with Gasteiger partial charge in [0.05, 0.1) is 0 Å². The molecule has 0 spiro atoms. The summed E-state index contributed by atoms with van der Waals surface area (Å²) in [6, 6.07) is 22.3. The summed E-state index contributed by atoms with van der Waals surface area (Å²) in [6.45, 7) is 4.13. The number of aryl methyl sites for hydroxylation is 2. The third-order valence-corrected chi connectivity index (χ3v) is 4.58. The minimum Gasteiger partial charge on any atom is -0.289 e. The van der Waals surface area contributed by atoms with E-state index in [-0.39, 0.29) is 11.6 Å². The molecule has 3 rings (SSSR count). The van der Waals surface area contributed by atoms with Gasteiger partial charge in [-0.15, -0.1) is 0 Å². The van der Waals surface area contributed by atoms with E-state index in [9.17, 15) is 9.59 Å². The normalized spacial score (nSPS) is 10.5. The summed E-state index contributed by atoms with van der Waals surface area (Å²) in [5, 5.41) is 0. The van der Waals surface area contributed by atoms with Gasteiger partial charge in [0.15, 0.2) is 11.6 Å². The van der Waals surface area contributed by atoms with E-state index in [2.05, 4.69) is 13.8 Å². The van der Waals surface area contributed by atoms with Crippen LogP contribution < -0.4 is 0 Å². The summed E-state index contributed by atoms with van der Waals surface area (Å²) in [7, 11) is 0. The summed E-state index contributed by atoms with van der Waals surface area (Å²) in [5.41, 5.74) is 4.63. The molecule has 0 N–H and O–H groups in total. The van der Waals surface area contributed by atoms with Crippen LogP contribution in [0.5, 0.6) is 0 Å². The molecule has 0 saturated carbocycles. The molecule has 0 atom stereocenters. The van der Waals surface area contributed by atoms with Crippen molar-refractivity contribution < 1.29 is 9.59 Å². The lowest BCUT2D eigenvalue weighted by Crippen LogP contribution is -2.06. The van der Waals surface area contributed by atoms with Crippen molar-refractivity contribution in [2.75, 3.05) is 0 Å². The summed E-state index contributed by atoms with van der Waals surface area (Å²) < 4.78 is 0. The molecule has 0 heterocycles. The minimum atomic E-state index is -0.0581. The summed E-state index contributed by atoms with van der Waals surface area (Å²) in [6.07, 6.45) is 1.76. The van der Waals surface area contributed by atoms with Crippen LogP contribution in [0, 0.1) is 0 Å². The van der Waals surface area contributed by atoms with Gasteiger partial charge in [-0.05, 0) is 42.2 Å². The van der Waals surface area contributed by atoms with Crippen molar-refractivity contribution in [3.63, 3.8) is 0 Å². The van der Waals surface area contributed by atoms with Crippen LogP contribution in [0.2, 0.25) is 0 Å². The van der Waals surface area contributed by atoms with E-state index in [1.165, 1.54) is 0 Å². The quantitative estimate of drug-likeness (QED) is 0.572. The van der Waals surface area contributed by atoms with Crippen molar-refractivity contribution in [1.82, 2.24) is 0 Å². The van der Waals surface area contributed by atoms with E-state index < -0.39 is 0 Å². The van der Waals surface area contributed by atoms with Gasteiger partial charge in [-0.25, -0.2) is 0 Å². The molecule has 0 saturated heterocycles. The Bertz CT molecular complexity index is 879. The Labute approximate surface area is 154 Å². The van der Waals surface area contributed by atoms with Crippen LogP contribution >= 0.6 is 0 Å². The molecular formula is C24H22O2. The second-order valence-corrected chi connectivity index (χ2v) is 6.35. The number of ketones is 2. The number of hydrogen-bond acceptors (Lipinski definition) is 2. The third kappa shape index (κ3) is 3.80. The molecule has 3 aromatic carbocycles. The van der Waals surface area contributed by atoms with Crippen LogP contribution in [0.25, 0.3) is 0 Å². The largest absolute Gasteiger partial charge is 0.289 e. The minimum absolute atomic E-state index is 0.0581. The van der Waals surface area contributed by atoms with Crippen LogP contribution in [0.3, 0.4) is 0 Å². The van der Waals surface area contributed by atoms with E-state index in [1.807, 2.05) is 48.5 Å². The molecule has 0 aliphatic rings. The fraction of sp³-hybridized carbons (Fsp3) is 0.167. The smallest absolute Gasteiger partial charge is 0.193 e. The molecule has 2 heteroatoms. The van der Waals surface area contributed by atoms with Crippen LogP contribution in [-0.4, -0.2) is 11.6 Å². The number of hydrogen-bond donors (Lipinski definition) is 0. The van der Waals surface area contributed by atoms with Gasteiger partial charge in [0.1, 0.15) is 0 Å². The van der Waals surface area contributed by atoms with Gasteiger partial charge in [0.2, 0.25) is 0 Å². The maximum absolute atomic E-state index is 12.8. The molecule has 130 valence electrons. The highest BCUT2D eigenvalue weighted by Gasteiger charge is 2.14. The molecule has 26 heavy (non-hydrogen) atoms. The zero-order valence-corrected chi connectivity index (χ0v) is 15.2. The number of rotatable bonds is 6. The highest BCUT2D eigenvalue weighted by Crippen LogP contribution is 2.17. The van der Waals surface area contributed by atoms with Crippen LogP contribution in [0.1, 0.15) is 56.8 Å². The predicted molar refractivity (Wildman–Crippen MR) is 105 cm³/mol. The molecule has 3 aromatic rings. The Kier molecular flexibility index (Phi) is 5.43. The fourth-order valence-electron chi connectivity index (χ4n) is 3.00. The van der Waals surface area contributed by atoms with Gasteiger partial charge in [0, 0.05) is 22.3 Å². The molecule has 0 bridgehead atoms. The lowest BCUT2D eigenvalue weighted by molar-refractivity contribution is 0.103. The first-order valence-electron chi connectivity index (χ1n) is 8.99. The van der Waals surface area contributed by atoms with E-state index in [0.29, 0.717) is 22.3 Å². The molecule has 0 radical (unpaired) electrons. The molecule has 0 aromatic heterocycles. The predicted octanol–water partition coefficient (Wildman–Crippen LogP) is 5.27.